The Bertz CT molecular complexity index is 447. The number of aliphatic hydroxyl groups excluding tert-OH is 1. The van der Waals surface area contributed by atoms with E-state index in [1.165, 1.54) is 0 Å². The highest BCUT2D eigenvalue weighted by atomic mass is 16.3. The number of hydrogen-bond acceptors (Lipinski definition) is 3. The van der Waals surface area contributed by atoms with Crippen LogP contribution in [0.3, 0.4) is 0 Å². The lowest BCUT2D eigenvalue weighted by atomic mass is 10.1. The summed E-state index contributed by atoms with van der Waals surface area (Å²) < 4.78 is 5.50. The van der Waals surface area contributed by atoms with E-state index in [0.29, 0.717) is 6.42 Å². The zero-order valence-corrected chi connectivity index (χ0v) is 8.32. The van der Waals surface area contributed by atoms with Gasteiger partial charge in [0.05, 0.1) is 6.10 Å². The summed E-state index contributed by atoms with van der Waals surface area (Å²) >= 11 is 0. The van der Waals surface area contributed by atoms with Crippen LogP contribution in [0.4, 0.5) is 0 Å². The summed E-state index contributed by atoms with van der Waals surface area (Å²) in [4.78, 5) is 4.22. The average Bonchev–Trinajstić information content (AvgIpc) is 2.53. The third-order valence-electron chi connectivity index (χ3n) is 2.39. The highest BCUT2D eigenvalue weighted by Gasteiger charge is 2.17. The normalized spacial score (nSPS) is 13.4. The van der Waals surface area contributed by atoms with Gasteiger partial charge in [-0.05, 0) is 25.5 Å². The van der Waals surface area contributed by atoms with Crippen LogP contribution in [-0.2, 0) is 0 Å². The molecule has 0 saturated carbocycles. The van der Waals surface area contributed by atoms with Gasteiger partial charge in [-0.1, -0.05) is 6.92 Å². The maximum absolute atomic E-state index is 9.80. The summed E-state index contributed by atoms with van der Waals surface area (Å²) in [5.41, 5.74) is 2.34. The maximum atomic E-state index is 9.80. The largest absolute Gasteiger partial charge is 0.459 e. The molecule has 3 nitrogen and oxygen atoms in total. The Hall–Kier alpha value is -1.35. The number of nitrogens with zero attached hydrogens (tertiary/aromatic N) is 1. The first-order valence-corrected chi connectivity index (χ1v) is 4.76. The lowest BCUT2D eigenvalue weighted by molar-refractivity contribution is 0.173. The topological polar surface area (TPSA) is 46.3 Å². The SMILES string of the molecule is CCC(O)c1c(C)oc2cccnc12. The number of pyridine rings is 1. The van der Waals surface area contributed by atoms with Crippen LogP contribution in [0.25, 0.3) is 11.1 Å². The number of aryl methyl sites for hydroxylation is 1. The molecular formula is C11H13NO2. The van der Waals surface area contributed by atoms with Gasteiger partial charge >= 0.3 is 0 Å². The van der Waals surface area contributed by atoms with E-state index in [1.807, 2.05) is 26.0 Å². The van der Waals surface area contributed by atoms with Crippen LogP contribution in [0.5, 0.6) is 0 Å². The minimum Gasteiger partial charge on any atom is -0.459 e. The van der Waals surface area contributed by atoms with Gasteiger partial charge in [-0.15, -0.1) is 0 Å². The van der Waals surface area contributed by atoms with E-state index in [2.05, 4.69) is 4.98 Å². The van der Waals surface area contributed by atoms with E-state index < -0.39 is 6.10 Å². The molecule has 0 aliphatic rings. The molecule has 2 aromatic rings. The van der Waals surface area contributed by atoms with Gasteiger partial charge in [-0.25, -0.2) is 0 Å². The zero-order valence-electron chi connectivity index (χ0n) is 8.32. The predicted molar refractivity (Wildman–Crippen MR) is 54.0 cm³/mol. The standard InChI is InChI=1S/C11H13NO2/c1-3-8(13)10-7(2)14-9-5-4-6-12-11(9)10/h4-6,8,13H,3H2,1-2H3. The van der Waals surface area contributed by atoms with Gasteiger partial charge in [0.15, 0.2) is 5.58 Å². The summed E-state index contributed by atoms with van der Waals surface area (Å²) in [7, 11) is 0. The Balaban J connectivity index is 2.67. The molecule has 2 aromatic heterocycles. The van der Waals surface area contributed by atoms with Crippen LogP contribution in [0.15, 0.2) is 22.7 Å². The Labute approximate surface area is 82.4 Å². The number of rotatable bonds is 2. The molecule has 0 aromatic carbocycles. The van der Waals surface area contributed by atoms with Crippen LogP contribution in [0.2, 0.25) is 0 Å². The molecule has 1 unspecified atom stereocenters. The van der Waals surface area contributed by atoms with Gasteiger partial charge in [0, 0.05) is 11.8 Å². The van der Waals surface area contributed by atoms with E-state index in [4.69, 9.17) is 4.42 Å². The molecule has 0 aliphatic carbocycles. The molecule has 74 valence electrons. The molecule has 3 heteroatoms. The fraction of sp³-hybridized carbons (Fsp3) is 0.364. The average molecular weight is 191 g/mol. The molecule has 0 fully saturated rings. The molecule has 2 rings (SSSR count). The van der Waals surface area contributed by atoms with Crippen molar-refractivity contribution in [3.05, 3.63) is 29.7 Å². The van der Waals surface area contributed by atoms with Crippen molar-refractivity contribution in [2.24, 2.45) is 0 Å². The first-order valence-electron chi connectivity index (χ1n) is 4.76. The van der Waals surface area contributed by atoms with Crippen LogP contribution in [0.1, 0.15) is 30.8 Å². The van der Waals surface area contributed by atoms with Crippen molar-refractivity contribution >= 4 is 11.1 Å². The van der Waals surface area contributed by atoms with Crippen molar-refractivity contribution in [2.45, 2.75) is 26.4 Å². The number of aromatic nitrogens is 1. The van der Waals surface area contributed by atoms with Gasteiger partial charge in [0.1, 0.15) is 11.3 Å². The third kappa shape index (κ3) is 1.30. The molecule has 0 radical (unpaired) electrons. The number of furan rings is 1. The Kier molecular flexibility index (Phi) is 2.25. The van der Waals surface area contributed by atoms with E-state index in [9.17, 15) is 5.11 Å². The second kappa shape index (κ2) is 3.42. The zero-order chi connectivity index (χ0) is 10.1. The predicted octanol–water partition coefficient (Wildman–Crippen LogP) is 2.58. The first-order chi connectivity index (χ1) is 6.74. The molecule has 1 N–H and O–H groups in total. The molecule has 0 saturated heterocycles. The van der Waals surface area contributed by atoms with E-state index in [1.54, 1.807) is 6.20 Å². The van der Waals surface area contributed by atoms with Gasteiger partial charge in [-0.3, -0.25) is 4.98 Å². The van der Waals surface area contributed by atoms with Crippen molar-refractivity contribution in [2.75, 3.05) is 0 Å². The quantitative estimate of drug-likeness (QED) is 0.793. The van der Waals surface area contributed by atoms with Crippen molar-refractivity contribution < 1.29 is 9.52 Å². The molecule has 2 heterocycles. The molecule has 14 heavy (non-hydrogen) atoms. The lowest BCUT2D eigenvalue weighted by Gasteiger charge is -2.05. The van der Waals surface area contributed by atoms with E-state index in [0.717, 1.165) is 22.4 Å². The number of hydrogen-bond donors (Lipinski definition) is 1. The van der Waals surface area contributed by atoms with Crippen LogP contribution >= 0.6 is 0 Å². The van der Waals surface area contributed by atoms with Crippen molar-refractivity contribution in [1.29, 1.82) is 0 Å². The third-order valence-corrected chi connectivity index (χ3v) is 2.39. The van der Waals surface area contributed by atoms with Gasteiger partial charge < -0.3 is 9.52 Å². The fourth-order valence-electron chi connectivity index (χ4n) is 1.66. The minimum atomic E-state index is -0.480. The highest BCUT2D eigenvalue weighted by Crippen LogP contribution is 2.29. The Morgan fingerprint density at radius 2 is 2.36 bits per heavy atom. The summed E-state index contributed by atoms with van der Waals surface area (Å²) in [6.07, 6.45) is 1.90. The second-order valence-electron chi connectivity index (χ2n) is 3.35. The van der Waals surface area contributed by atoms with Crippen LogP contribution < -0.4 is 0 Å². The van der Waals surface area contributed by atoms with Crippen molar-refractivity contribution in [1.82, 2.24) is 4.98 Å². The van der Waals surface area contributed by atoms with Crippen molar-refractivity contribution in [3.63, 3.8) is 0 Å². The molecule has 0 bridgehead atoms. The van der Waals surface area contributed by atoms with Crippen LogP contribution in [0, 0.1) is 6.92 Å². The van der Waals surface area contributed by atoms with E-state index >= 15 is 0 Å². The summed E-state index contributed by atoms with van der Waals surface area (Å²) in [5, 5.41) is 9.80. The Morgan fingerprint density at radius 3 is 3.07 bits per heavy atom. The molecule has 0 spiro atoms. The highest BCUT2D eigenvalue weighted by molar-refractivity contribution is 5.77. The van der Waals surface area contributed by atoms with E-state index in [-0.39, 0.29) is 0 Å². The summed E-state index contributed by atoms with van der Waals surface area (Å²) in [6.45, 7) is 3.79. The van der Waals surface area contributed by atoms with Crippen molar-refractivity contribution in [3.8, 4) is 0 Å². The molecule has 1 atom stereocenters. The second-order valence-corrected chi connectivity index (χ2v) is 3.35. The smallest absolute Gasteiger partial charge is 0.153 e. The summed E-state index contributed by atoms with van der Waals surface area (Å²) in [6, 6.07) is 3.69. The molecule has 0 amide bonds. The summed E-state index contributed by atoms with van der Waals surface area (Å²) in [5.74, 6) is 0.757. The maximum Gasteiger partial charge on any atom is 0.153 e. The monoisotopic (exact) mass is 191 g/mol. The lowest BCUT2D eigenvalue weighted by Crippen LogP contribution is -1.96. The van der Waals surface area contributed by atoms with Gasteiger partial charge in [0.2, 0.25) is 0 Å². The molecule has 0 aliphatic heterocycles. The fourth-order valence-corrected chi connectivity index (χ4v) is 1.66. The number of aliphatic hydroxyl groups is 1. The minimum absolute atomic E-state index is 0.480. The van der Waals surface area contributed by atoms with Crippen LogP contribution in [-0.4, -0.2) is 10.1 Å². The first kappa shape index (κ1) is 9.21. The Morgan fingerprint density at radius 1 is 1.57 bits per heavy atom. The number of fused-ring (bicyclic) bond motifs is 1. The molecular weight excluding hydrogens is 178 g/mol. The van der Waals surface area contributed by atoms with Gasteiger partial charge in [-0.2, -0.15) is 0 Å². The van der Waals surface area contributed by atoms with Gasteiger partial charge in [0.25, 0.3) is 0 Å².